The molecule has 2 atom stereocenters. The van der Waals surface area contributed by atoms with Gasteiger partial charge in [0.2, 0.25) is 5.95 Å². The van der Waals surface area contributed by atoms with Crippen molar-refractivity contribution in [3.63, 3.8) is 0 Å². The van der Waals surface area contributed by atoms with E-state index in [1.807, 2.05) is 50.2 Å². The topological polar surface area (TPSA) is 118 Å². The van der Waals surface area contributed by atoms with Crippen LogP contribution in [0.5, 0.6) is 11.5 Å². The summed E-state index contributed by atoms with van der Waals surface area (Å²) >= 11 is 1.65. The Bertz CT molecular complexity index is 1440. The predicted molar refractivity (Wildman–Crippen MR) is 166 cm³/mol. The molecule has 0 spiro atoms. The molecule has 2 aromatic heterocycles. The van der Waals surface area contributed by atoms with E-state index in [-0.39, 0.29) is 18.4 Å². The molecule has 0 saturated heterocycles. The number of aromatic nitrogens is 3. The number of ketones is 1. The number of ether oxygens (including phenoxy) is 2. The summed E-state index contributed by atoms with van der Waals surface area (Å²) in [4.78, 5) is 24.4. The number of methoxy groups -OCH3 is 2. The number of aliphatic hydroxyl groups excluding tert-OH is 1. The fourth-order valence-corrected chi connectivity index (χ4v) is 5.98. The number of para-hydroxylation sites is 2. The molecule has 4 aromatic rings. The average Bonchev–Trinajstić information content (AvgIpc) is 3.59. The quantitative estimate of drug-likeness (QED) is 0.188. The third-order valence-electron chi connectivity index (χ3n) is 7.16. The average molecular weight is 578 g/mol. The first-order chi connectivity index (χ1) is 19.9. The molecule has 0 radical (unpaired) electrons. The number of carbonyl (C=O) groups excluding carboxylic acids is 1. The van der Waals surface area contributed by atoms with E-state index >= 15 is 0 Å². The van der Waals surface area contributed by atoms with Crippen LogP contribution in [0.2, 0.25) is 0 Å². The van der Waals surface area contributed by atoms with Crippen molar-refractivity contribution in [1.82, 2.24) is 15.0 Å². The second-order valence-electron chi connectivity index (χ2n) is 10.1. The number of thiazole rings is 1. The summed E-state index contributed by atoms with van der Waals surface area (Å²) in [6.45, 7) is 5.66. The number of benzene rings is 2. The van der Waals surface area contributed by atoms with Crippen molar-refractivity contribution in [3.05, 3.63) is 48.2 Å². The van der Waals surface area contributed by atoms with Crippen molar-refractivity contribution >= 4 is 44.8 Å². The van der Waals surface area contributed by atoms with Gasteiger partial charge in [0.15, 0.2) is 11.5 Å². The lowest BCUT2D eigenvalue weighted by Gasteiger charge is -2.19. The molecule has 5 rings (SSSR count). The summed E-state index contributed by atoms with van der Waals surface area (Å²) in [5.41, 5.74) is 3.44. The van der Waals surface area contributed by atoms with Gasteiger partial charge in [-0.1, -0.05) is 25.1 Å². The first kappa shape index (κ1) is 30.2. The Labute approximate surface area is 245 Å². The number of hydrogen-bond acceptors (Lipinski definition) is 10. The van der Waals surface area contributed by atoms with E-state index in [1.54, 1.807) is 32.5 Å². The number of anilines is 3. The number of hydrogen-bond donors (Lipinski definition) is 3. The molecule has 2 heterocycles. The molecule has 1 aliphatic rings. The van der Waals surface area contributed by atoms with Gasteiger partial charge in [0.1, 0.15) is 16.6 Å². The number of aryl methyl sites for hydroxylation is 1. The molecular formula is C31H39N5O4S. The summed E-state index contributed by atoms with van der Waals surface area (Å²) < 4.78 is 12.2. The van der Waals surface area contributed by atoms with E-state index in [1.165, 1.54) is 0 Å². The van der Waals surface area contributed by atoms with E-state index in [0.29, 0.717) is 29.8 Å². The standard InChI is InChI=1S/C27H31N5O3S.C4H8O/c1-16-23(26-30-19-7-4-5-10-22(19)36-26)25(29-18-12-11-17(15-18)13-14-33)32-27(28-16)31-20-8-6-9-21(34-2)24(20)35-3;1-3-4(2)5/h4-10,17-18,33H,11-15H2,1-3H3,(H2,28,29,31,32);3H2,1-2H3/t17?,18-;/m0./s1. The third kappa shape index (κ3) is 7.51. The van der Waals surface area contributed by atoms with Gasteiger partial charge in [-0.05, 0) is 69.7 Å². The Morgan fingerprint density at radius 3 is 2.54 bits per heavy atom. The zero-order valence-electron chi connectivity index (χ0n) is 24.4. The second-order valence-corrected chi connectivity index (χ2v) is 11.1. The van der Waals surface area contributed by atoms with Crippen molar-refractivity contribution in [2.75, 3.05) is 31.5 Å². The van der Waals surface area contributed by atoms with Crippen molar-refractivity contribution in [2.45, 2.75) is 58.9 Å². The number of aliphatic hydroxyl groups is 1. The number of nitrogens with zero attached hydrogens (tertiary/aromatic N) is 3. The van der Waals surface area contributed by atoms with Crippen molar-refractivity contribution in [2.24, 2.45) is 5.92 Å². The molecule has 1 aliphatic carbocycles. The molecule has 218 valence electrons. The normalized spacial score (nSPS) is 16.1. The fourth-order valence-electron chi connectivity index (χ4n) is 4.92. The zero-order chi connectivity index (χ0) is 29.4. The minimum absolute atomic E-state index is 0.234. The van der Waals surface area contributed by atoms with Gasteiger partial charge in [0.05, 0.1) is 41.4 Å². The molecule has 2 aromatic carbocycles. The molecule has 1 unspecified atom stereocenters. The number of carbonyl (C=O) groups is 1. The Balaban J connectivity index is 0.000000714. The Kier molecular flexibility index (Phi) is 10.5. The zero-order valence-corrected chi connectivity index (χ0v) is 25.2. The van der Waals surface area contributed by atoms with Crippen molar-refractivity contribution in [1.29, 1.82) is 0 Å². The SMILES string of the molecule is CCC(C)=O.COc1cccc(Nc2nc(C)c(-c3nc4ccccc4s3)c(N[C@H]3CCC(CCO)C3)n2)c1OC. The van der Waals surface area contributed by atoms with E-state index < -0.39 is 0 Å². The smallest absolute Gasteiger partial charge is 0.229 e. The Morgan fingerprint density at radius 1 is 1.07 bits per heavy atom. The van der Waals surface area contributed by atoms with Crippen LogP contribution < -0.4 is 20.1 Å². The van der Waals surface area contributed by atoms with E-state index in [2.05, 4.69) is 16.7 Å². The molecule has 9 nitrogen and oxygen atoms in total. The highest BCUT2D eigenvalue weighted by Crippen LogP contribution is 2.40. The minimum Gasteiger partial charge on any atom is -0.493 e. The first-order valence-corrected chi connectivity index (χ1v) is 14.8. The summed E-state index contributed by atoms with van der Waals surface area (Å²) in [6, 6.07) is 14.1. The third-order valence-corrected chi connectivity index (χ3v) is 8.22. The summed E-state index contributed by atoms with van der Waals surface area (Å²) in [5, 5.41) is 17.3. The van der Waals surface area contributed by atoms with Gasteiger partial charge in [0.25, 0.3) is 0 Å². The number of Topliss-reactive ketones (excluding diaryl/α,β-unsaturated/α-hetero) is 1. The summed E-state index contributed by atoms with van der Waals surface area (Å²) in [7, 11) is 3.23. The van der Waals surface area contributed by atoms with E-state index in [4.69, 9.17) is 24.4 Å². The fraction of sp³-hybridized carbons (Fsp3) is 0.419. The van der Waals surface area contributed by atoms with Gasteiger partial charge in [-0.25, -0.2) is 9.97 Å². The van der Waals surface area contributed by atoms with Crippen LogP contribution >= 0.6 is 11.3 Å². The van der Waals surface area contributed by atoms with Crippen molar-refractivity contribution in [3.8, 4) is 22.1 Å². The number of rotatable bonds is 10. The van der Waals surface area contributed by atoms with Crippen LogP contribution in [0.3, 0.4) is 0 Å². The monoisotopic (exact) mass is 577 g/mol. The van der Waals surface area contributed by atoms with Gasteiger partial charge < -0.3 is 30.0 Å². The van der Waals surface area contributed by atoms with Crippen LogP contribution in [0.1, 0.15) is 51.6 Å². The highest BCUT2D eigenvalue weighted by atomic mass is 32.1. The Hall–Kier alpha value is -3.76. The highest BCUT2D eigenvalue weighted by molar-refractivity contribution is 7.21. The van der Waals surface area contributed by atoms with Crippen molar-refractivity contribution < 1.29 is 19.4 Å². The largest absolute Gasteiger partial charge is 0.493 e. The lowest BCUT2D eigenvalue weighted by atomic mass is 10.0. The van der Waals surface area contributed by atoms with E-state index in [9.17, 15) is 9.90 Å². The van der Waals surface area contributed by atoms with Crippen LogP contribution in [0.15, 0.2) is 42.5 Å². The molecule has 3 N–H and O–H groups in total. The molecule has 0 aliphatic heterocycles. The van der Waals surface area contributed by atoms with Gasteiger partial charge in [0, 0.05) is 19.1 Å². The maximum atomic E-state index is 9.81. The summed E-state index contributed by atoms with van der Waals surface area (Å²) in [5.74, 6) is 3.24. The first-order valence-electron chi connectivity index (χ1n) is 14.0. The number of nitrogens with one attached hydrogen (secondary N) is 2. The van der Waals surface area contributed by atoms with Gasteiger partial charge in [-0.3, -0.25) is 0 Å². The molecular weight excluding hydrogens is 538 g/mol. The van der Waals surface area contributed by atoms with Crippen LogP contribution in [-0.2, 0) is 4.79 Å². The predicted octanol–water partition coefficient (Wildman–Crippen LogP) is 6.77. The second kappa shape index (κ2) is 14.2. The van der Waals surface area contributed by atoms with Gasteiger partial charge in [-0.15, -0.1) is 11.3 Å². The lowest BCUT2D eigenvalue weighted by Crippen LogP contribution is -2.18. The molecule has 10 heteroatoms. The van der Waals surface area contributed by atoms with Gasteiger partial charge in [-0.2, -0.15) is 4.98 Å². The van der Waals surface area contributed by atoms with E-state index in [0.717, 1.165) is 63.7 Å². The maximum absolute atomic E-state index is 9.81. The molecule has 41 heavy (non-hydrogen) atoms. The highest BCUT2D eigenvalue weighted by Gasteiger charge is 2.27. The van der Waals surface area contributed by atoms with Crippen LogP contribution in [0, 0.1) is 12.8 Å². The van der Waals surface area contributed by atoms with Crippen LogP contribution in [-0.4, -0.2) is 52.7 Å². The molecule has 1 saturated carbocycles. The maximum Gasteiger partial charge on any atom is 0.229 e. The van der Waals surface area contributed by atoms with Gasteiger partial charge >= 0.3 is 0 Å². The molecule has 0 bridgehead atoms. The number of fused-ring (bicyclic) bond motifs is 1. The Morgan fingerprint density at radius 2 is 1.85 bits per heavy atom. The van der Waals surface area contributed by atoms with Crippen LogP contribution in [0.4, 0.5) is 17.5 Å². The van der Waals surface area contributed by atoms with Crippen LogP contribution in [0.25, 0.3) is 20.8 Å². The molecule has 1 fully saturated rings. The minimum atomic E-state index is 0.234. The summed E-state index contributed by atoms with van der Waals surface area (Å²) in [6.07, 6.45) is 4.66. The lowest BCUT2D eigenvalue weighted by molar-refractivity contribution is -0.116. The molecule has 0 amide bonds.